The van der Waals surface area contributed by atoms with Gasteiger partial charge in [-0.2, -0.15) is 5.10 Å². The molecule has 1 fully saturated rings. The van der Waals surface area contributed by atoms with Crippen LogP contribution in [0.5, 0.6) is 0 Å². The molecule has 1 saturated carbocycles. The maximum Gasteiger partial charge on any atom is 0.0641 e. The van der Waals surface area contributed by atoms with Crippen molar-refractivity contribution in [2.24, 2.45) is 5.92 Å². The van der Waals surface area contributed by atoms with Crippen LogP contribution in [0.1, 0.15) is 43.6 Å². The van der Waals surface area contributed by atoms with Crippen molar-refractivity contribution in [2.45, 2.75) is 59.7 Å². The molecule has 0 bridgehead atoms. The van der Waals surface area contributed by atoms with Gasteiger partial charge in [-0.3, -0.25) is 4.68 Å². The smallest absolute Gasteiger partial charge is 0.0641 e. The van der Waals surface area contributed by atoms with Crippen LogP contribution in [0, 0.1) is 19.8 Å². The number of rotatable bonds is 4. The molecule has 0 amide bonds. The van der Waals surface area contributed by atoms with E-state index in [1.54, 1.807) is 0 Å². The first-order valence-electron chi connectivity index (χ1n) is 6.38. The lowest BCUT2D eigenvalue weighted by molar-refractivity contribution is 0.240. The second-order valence-corrected chi connectivity index (χ2v) is 5.12. The van der Waals surface area contributed by atoms with Gasteiger partial charge in [0.15, 0.2) is 0 Å². The highest BCUT2D eigenvalue weighted by atomic mass is 35.5. The molecule has 0 saturated heterocycles. The third-order valence-corrected chi connectivity index (χ3v) is 3.77. The second-order valence-electron chi connectivity index (χ2n) is 5.12. The number of aromatic nitrogens is 2. The number of nitrogens with zero attached hydrogens (tertiary/aromatic N) is 2. The number of hydrogen-bond donors (Lipinski definition) is 1. The van der Waals surface area contributed by atoms with E-state index in [2.05, 4.69) is 42.8 Å². The number of nitrogens with one attached hydrogen (secondary N) is 1. The summed E-state index contributed by atoms with van der Waals surface area (Å²) in [6.45, 7) is 10.7. The van der Waals surface area contributed by atoms with E-state index in [1.807, 2.05) is 0 Å². The Bertz CT molecular complexity index is 367. The Morgan fingerprint density at radius 3 is 2.47 bits per heavy atom. The third-order valence-electron chi connectivity index (χ3n) is 3.77. The summed E-state index contributed by atoms with van der Waals surface area (Å²) >= 11 is 0. The molecule has 0 unspecified atom stereocenters. The van der Waals surface area contributed by atoms with Gasteiger partial charge in [-0.1, -0.05) is 6.92 Å². The van der Waals surface area contributed by atoms with E-state index in [0.717, 1.165) is 25.0 Å². The third kappa shape index (κ3) is 3.02. The molecule has 1 heterocycles. The fraction of sp³-hybridized carbons (Fsp3) is 0.769. The van der Waals surface area contributed by atoms with Gasteiger partial charge >= 0.3 is 0 Å². The molecule has 0 aliphatic heterocycles. The fourth-order valence-corrected chi connectivity index (χ4v) is 2.61. The van der Waals surface area contributed by atoms with Crippen LogP contribution in [-0.2, 0) is 13.1 Å². The lowest BCUT2D eigenvalue weighted by Gasteiger charge is -2.33. The minimum Gasteiger partial charge on any atom is -0.310 e. The minimum atomic E-state index is 0. The van der Waals surface area contributed by atoms with E-state index in [1.165, 1.54) is 29.8 Å². The Kier molecular flexibility index (Phi) is 5.02. The fourth-order valence-electron chi connectivity index (χ4n) is 2.61. The summed E-state index contributed by atoms with van der Waals surface area (Å²) in [6, 6.07) is 0.735. The van der Waals surface area contributed by atoms with Gasteiger partial charge in [-0.25, -0.2) is 0 Å². The van der Waals surface area contributed by atoms with Crippen molar-refractivity contribution in [2.75, 3.05) is 0 Å². The Morgan fingerprint density at radius 1 is 1.35 bits per heavy atom. The van der Waals surface area contributed by atoms with Gasteiger partial charge in [0.25, 0.3) is 0 Å². The second kappa shape index (κ2) is 5.87. The highest BCUT2D eigenvalue weighted by Gasteiger charge is 2.25. The summed E-state index contributed by atoms with van der Waals surface area (Å²) in [4.78, 5) is 0. The Morgan fingerprint density at radius 2 is 2.00 bits per heavy atom. The zero-order chi connectivity index (χ0) is 11.7. The monoisotopic (exact) mass is 257 g/mol. The number of aryl methyl sites for hydroxylation is 2. The Hall–Kier alpha value is -0.540. The van der Waals surface area contributed by atoms with Gasteiger partial charge in [0, 0.05) is 30.4 Å². The van der Waals surface area contributed by atoms with Crippen molar-refractivity contribution >= 4 is 12.4 Å². The highest BCUT2D eigenvalue weighted by Crippen LogP contribution is 2.26. The largest absolute Gasteiger partial charge is 0.310 e. The molecule has 0 atom stereocenters. The molecule has 1 aromatic rings. The molecular weight excluding hydrogens is 234 g/mol. The van der Waals surface area contributed by atoms with Crippen LogP contribution in [0.25, 0.3) is 0 Å². The summed E-state index contributed by atoms with van der Waals surface area (Å²) in [7, 11) is 0. The lowest BCUT2D eigenvalue weighted by Crippen LogP contribution is -2.39. The average Bonchev–Trinajstić information content (AvgIpc) is 2.48. The predicted molar refractivity (Wildman–Crippen MR) is 73.6 cm³/mol. The average molecular weight is 258 g/mol. The first kappa shape index (κ1) is 14.5. The van der Waals surface area contributed by atoms with Crippen molar-refractivity contribution in [1.29, 1.82) is 0 Å². The maximum absolute atomic E-state index is 4.54. The van der Waals surface area contributed by atoms with Gasteiger partial charge < -0.3 is 5.32 Å². The van der Waals surface area contributed by atoms with Crippen LogP contribution in [0.15, 0.2) is 0 Å². The van der Waals surface area contributed by atoms with Crippen LogP contribution >= 0.6 is 12.4 Å². The summed E-state index contributed by atoms with van der Waals surface area (Å²) in [5, 5.41) is 8.17. The van der Waals surface area contributed by atoms with Crippen molar-refractivity contribution in [3.63, 3.8) is 0 Å². The molecule has 3 nitrogen and oxygen atoms in total. The highest BCUT2D eigenvalue weighted by molar-refractivity contribution is 5.85. The minimum absolute atomic E-state index is 0. The van der Waals surface area contributed by atoms with Crippen LogP contribution in [-0.4, -0.2) is 15.8 Å². The topological polar surface area (TPSA) is 29.9 Å². The molecule has 0 spiro atoms. The SMILES string of the molecule is CCn1nc(C)c(CNC2CC(C)C2)c1C.Cl. The van der Waals surface area contributed by atoms with E-state index in [4.69, 9.17) is 0 Å². The predicted octanol–water partition coefficient (Wildman–Crippen LogP) is 2.83. The van der Waals surface area contributed by atoms with E-state index in [-0.39, 0.29) is 12.4 Å². The van der Waals surface area contributed by atoms with Gasteiger partial charge in [-0.15, -0.1) is 12.4 Å². The first-order valence-corrected chi connectivity index (χ1v) is 6.38. The van der Waals surface area contributed by atoms with Crippen molar-refractivity contribution < 1.29 is 0 Å². The van der Waals surface area contributed by atoms with Gasteiger partial charge in [0.1, 0.15) is 0 Å². The first-order chi connectivity index (χ1) is 7.61. The zero-order valence-corrected chi connectivity index (χ0v) is 12.1. The molecule has 17 heavy (non-hydrogen) atoms. The molecule has 1 aromatic heterocycles. The van der Waals surface area contributed by atoms with Crippen LogP contribution in [0.3, 0.4) is 0 Å². The van der Waals surface area contributed by atoms with Gasteiger partial charge in [-0.05, 0) is 39.5 Å². The van der Waals surface area contributed by atoms with E-state index in [9.17, 15) is 0 Å². The summed E-state index contributed by atoms with van der Waals surface area (Å²) in [5.74, 6) is 0.915. The van der Waals surface area contributed by atoms with Crippen molar-refractivity contribution in [3.05, 3.63) is 17.0 Å². The van der Waals surface area contributed by atoms with Crippen molar-refractivity contribution in [3.8, 4) is 0 Å². The molecule has 1 N–H and O–H groups in total. The molecule has 2 rings (SSSR count). The molecule has 1 aliphatic rings. The Balaban J connectivity index is 0.00000144. The van der Waals surface area contributed by atoms with Crippen LogP contribution in [0.2, 0.25) is 0 Å². The molecule has 0 aromatic carbocycles. The van der Waals surface area contributed by atoms with E-state index in [0.29, 0.717) is 0 Å². The standard InChI is InChI=1S/C13H23N3.ClH/c1-5-16-11(4)13(10(3)15-16)8-14-12-6-9(2)7-12;/h9,12,14H,5-8H2,1-4H3;1H. The van der Waals surface area contributed by atoms with Crippen LogP contribution < -0.4 is 5.32 Å². The lowest BCUT2D eigenvalue weighted by atomic mass is 9.82. The number of halogens is 1. The molecule has 0 radical (unpaired) electrons. The van der Waals surface area contributed by atoms with Crippen LogP contribution in [0.4, 0.5) is 0 Å². The zero-order valence-electron chi connectivity index (χ0n) is 11.3. The van der Waals surface area contributed by atoms with Gasteiger partial charge in [0.2, 0.25) is 0 Å². The molecule has 1 aliphatic carbocycles. The number of hydrogen-bond acceptors (Lipinski definition) is 2. The normalized spacial score (nSPS) is 23.1. The van der Waals surface area contributed by atoms with Crippen molar-refractivity contribution in [1.82, 2.24) is 15.1 Å². The summed E-state index contributed by atoms with van der Waals surface area (Å²) < 4.78 is 2.09. The summed E-state index contributed by atoms with van der Waals surface area (Å²) in [6.07, 6.45) is 2.67. The summed E-state index contributed by atoms with van der Waals surface area (Å²) in [5.41, 5.74) is 3.89. The van der Waals surface area contributed by atoms with Gasteiger partial charge in [0.05, 0.1) is 5.69 Å². The van der Waals surface area contributed by atoms with E-state index >= 15 is 0 Å². The molecule has 98 valence electrons. The van der Waals surface area contributed by atoms with E-state index < -0.39 is 0 Å². The Labute approximate surface area is 110 Å². The quantitative estimate of drug-likeness (QED) is 0.899. The molecular formula is C13H24ClN3. The molecule has 4 heteroatoms. The maximum atomic E-state index is 4.54.